The Hall–Kier alpha value is -3.93. The fourth-order valence-electron chi connectivity index (χ4n) is 3.81. The first-order valence-electron chi connectivity index (χ1n) is 10.3. The van der Waals surface area contributed by atoms with Crippen LogP contribution in [0.25, 0.3) is 22.0 Å². The van der Waals surface area contributed by atoms with Crippen LogP contribution in [0.5, 0.6) is 5.75 Å². The number of aryl methyl sites for hydroxylation is 4. The fourth-order valence-corrected chi connectivity index (χ4v) is 3.81. The number of carbonyl (C=O) groups excluding carboxylic acids is 1. The van der Waals surface area contributed by atoms with E-state index in [1.807, 2.05) is 57.2 Å². The molecule has 6 heteroatoms. The maximum atomic E-state index is 13.1. The predicted octanol–water partition coefficient (Wildman–Crippen LogP) is 4.79. The lowest BCUT2D eigenvalue weighted by Gasteiger charge is -2.13. The molecule has 4 rings (SSSR count). The number of fused-ring (bicyclic) bond motifs is 1. The highest BCUT2D eigenvalue weighted by Crippen LogP contribution is 2.27. The van der Waals surface area contributed by atoms with E-state index in [2.05, 4.69) is 10.3 Å². The van der Waals surface area contributed by atoms with Crippen LogP contribution in [-0.2, 0) is 7.05 Å². The van der Waals surface area contributed by atoms with Gasteiger partial charge in [0.05, 0.1) is 12.6 Å². The summed E-state index contributed by atoms with van der Waals surface area (Å²) in [5.41, 5.74) is 5.93. The zero-order chi connectivity index (χ0) is 23.0. The molecule has 2 aromatic carbocycles. The summed E-state index contributed by atoms with van der Waals surface area (Å²) >= 11 is 0. The van der Waals surface area contributed by atoms with Crippen LogP contribution in [-0.4, -0.2) is 22.6 Å². The number of nitrogens with one attached hydrogen (secondary N) is 1. The van der Waals surface area contributed by atoms with E-state index in [9.17, 15) is 9.59 Å². The van der Waals surface area contributed by atoms with E-state index in [4.69, 9.17) is 4.74 Å². The summed E-state index contributed by atoms with van der Waals surface area (Å²) in [7, 11) is 3.34. The standard InChI is InChI=1S/C26H25N3O3/c1-15-7-9-20(28-25(30)18-8-6-16(2)24(12-18)32-5)13-21(15)22-11-19-14-27-17(3)10-23(19)29(4)26(22)31/h6-14H,1-5H3,(H,28,30). The minimum absolute atomic E-state index is 0.0991. The highest BCUT2D eigenvalue weighted by molar-refractivity contribution is 6.05. The minimum atomic E-state index is -0.246. The largest absolute Gasteiger partial charge is 0.496 e. The van der Waals surface area contributed by atoms with Gasteiger partial charge < -0.3 is 14.6 Å². The maximum absolute atomic E-state index is 13.1. The van der Waals surface area contributed by atoms with Crippen molar-refractivity contribution >= 4 is 22.5 Å². The summed E-state index contributed by atoms with van der Waals surface area (Å²) < 4.78 is 6.96. The Kier molecular flexibility index (Phi) is 5.53. The highest BCUT2D eigenvalue weighted by Gasteiger charge is 2.14. The Morgan fingerprint density at radius 2 is 1.72 bits per heavy atom. The molecular weight excluding hydrogens is 402 g/mol. The first kappa shape index (κ1) is 21.3. The second kappa shape index (κ2) is 8.30. The second-order valence-electron chi connectivity index (χ2n) is 7.97. The molecule has 1 N–H and O–H groups in total. The van der Waals surface area contributed by atoms with Gasteiger partial charge >= 0.3 is 0 Å². The second-order valence-corrected chi connectivity index (χ2v) is 7.97. The van der Waals surface area contributed by atoms with Gasteiger partial charge in [0.2, 0.25) is 0 Å². The lowest BCUT2D eigenvalue weighted by atomic mass is 9.99. The van der Waals surface area contributed by atoms with E-state index in [0.29, 0.717) is 22.6 Å². The number of hydrogen-bond acceptors (Lipinski definition) is 4. The molecule has 0 aliphatic carbocycles. The fraction of sp³-hybridized carbons (Fsp3) is 0.192. The number of benzene rings is 2. The van der Waals surface area contributed by atoms with Crippen LogP contribution in [0.4, 0.5) is 5.69 Å². The van der Waals surface area contributed by atoms with Crippen LogP contribution in [0.2, 0.25) is 0 Å². The summed E-state index contributed by atoms with van der Waals surface area (Å²) in [4.78, 5) is 30.3. The molecule has 2 heterocycles. The Labute approximate surface area is 186 Å². The van der Waals surface area contributed by atoms with Crippen LogP contribution in [0.1, 0.15) is 27.2 Å². The third kappa shape index (κ3) is 3.87. The number of carbonyl (C=O) groups is 1. The van der Waals surface area contributed by atoms with Crippen molar-refractivity contribution in [2.24, 2.45) is 7.05 Å². The van der Waals surface area contributed by atoms with E-state index in [0.717, 1.165) is 33.3 Å². The summed E-state index contributed by atoms with van der Waals surface area (Å²) in [5, 5.41) is 3.81. The number of hydrogen-bond donors (Lipinski definition) is 1. The molecule has 0 spiro atoms. The molecule has 0 saturated heterocycles. The third-order valence-corrected chi connectivity index (χ3v) is 5.70. The van der Waals surface area contributed by atoms with Crippen molar-refractivity contribution in [1.82, 2.24) is 9.55 Å². The Morgan fingerprint density at radius 3 is 2.47 bits per heavy atom. The number of anilines is 1. The van der Waals surface area contributed by atoms with Crippen LogP contribution < -0.4 is 15.6 Å². The molecule has 0 atom stereocenters. The van der Waals surface area contributed by atoms with Gasteiger partial charge in [0.1, 0.15) is 5.75 Å². The van der Waals surface area contributed by atoms with Gasteiger partial charge in [-0.3, -0.25) is 14.6 Å². The minimum Gasteiger partial charge on any atom is -0.496 e. The Morgan fingerprint density at radius 1 is 0.969 bits per heavy atom. The molecule has 162 valence electrons. The summed E-state index contributed by atoms with van der Waals surface area (Å²) in [6.45, 7) is 5.77. The van der Waals surface area contributed by atoms with Crippen molar-refractivity contribution in [3.05, 3.63) is 87.5 Å². The average molecular weight is 428 g/mol. The van der Waals surface area contributed by atoms with E-state index in [1.54, 1.807) is 37.1 Å². The van der Waals surface area contributed by atoms with Gasteiger partial charge in [-0.15, -0.1) is 0 Å². The molecule has 0 aliphatic rings. The SMILES string of the molecule is COc1cc(C(=O)Nc2ccc(C)c(-c3cc4cnc(C)cc4n(C)c3=O)c2)ccc1C. The zero-order valence-electron chi connectivity index (χ0n) is 18.8. The van der Waals surface area contributed by atoms with Crippen molar-refractivity contribution in [2.45, 2.75) is 20.8 Å². The molecular formula is C26H25N3O3. The normalized spacial score (nSPS) is 10.9. The lowest BCUT2D eigenvalue weighted by molar-refractivity contribution is 0.102. The van der Waals surface area contributed by atoms with E-state index in [-0.39, 0.29) is 11.5 Å². The van der Waals surface area contributed by atoms with E-state index in [1.165, 1.54) is 0 Å². The lowest BCUT2D eigenvalue weighted by Crippen LogP contribution is -2.19. The van der Waals surface area contributed by atoms with Gasteiger partial charge in [-0.25, -0.2) is 0 Å². The van der Waals surface area contributed by atoms with Gasteiger partial charge in [-0.2, -0.15) is 0 Å². The van der Waals surface area contributed by atoms with Crippen LogP contribution in [0.3, 0.4) is 0 Å². The van der Waals surface area contributed by atoms with Gasteiger partial charge in [0.25, 0.3) is 11.5 Å². The summed E-state index contributed by atoms with van der Waals surface area (Å²) in [6, 6.07) is 14.7. The van der Waals surface area contributed by atoms with Crippen LogP contribution >= 0.6 is 0 Å². The van der Waals surface area contributed by atoms with Crippen molar-refractivity contribution in [3.8, 4) is 16.9 Å². The number of methoxy groups -OCH3 is 1. The molecule has 6 nitrogen and oxygen atoms in total. The van der Waals surface area contributed by atoms with Gasteiger partial charge in [0, 0.05) is 41.1 Å². The maximum Gasteiger partial charge on any atom is 0.258 e. The van der Waals surface area contributed by atoms with Crippen molar-refractivity contribution < 1.29 is 9.53 Å². The number of amides is 1. The topological polar surface area (TPSA) is 73.2 Å². The molecule has 0 bridgehead atoms. The van der Waals surface area contributed by atoms with Crippen molar-refractivity contribution in [2.75, 3.05) is 12.4 Å². The van der Waals surface area contributed by atoms with Crippen molar-refractivity contribution in [1.29, 1.82) is 0 Å². The molecule has 0 aliphatic heterocycles. The summed E-state index contributed by atoms with van der Waals surface area (Å²) in [6.07, 6.45) is 1.78. The smallest absolute Gasteiger partial charge is 0.258 e. The number of pyridine rings is 2. The van der Waals surface area contributed by atoms with Gasteiger partial charge in [-0.1, -0.05) is 12.1 Å². The van der Waals surface area contributed by atoms with E-state index < -0.39 is 0 Å². The molecule has 0 radical (unpaired) electrons. The first-order chi connectivity index (χ1) is 15.3. The van der Waals surface area contributed by atoms with Gasteiger partial charge in [-0.05, 0) is 73.9 Å². The quantitative estimate of drug-likeness (QED) is 0.508. The predicted molar refractivity (Wildman–Crippen MR) is 128 cm³/mol. The molecule has 1 amide bonds. The monoisotopic (exact) mass is 427 g/mol. The third-order valence-electron chi connectivity index (χ3n) is 5.70. The molecule has 4 aromatic rings. The molecule has 2 aromatic heterocycles. The first-order valence-corrected chi connectivity index (χ1v) is 10.3. The Balaban J connectivity index is 1.74. The van der Waals surface area contributed by atoms with Crippen LogP contribution in [0.15, 0.2) is 59.5 Å². The number of ether oxygens (including phenoxy) is 1. The molecule has 0 fully saturated rings. The molecule has 0 saturated carbocycles. The van der Waals surface area contributed by atoms with Crippen molar-refractivity contribution in [3.63, 3.8) is 0 Å². The highest BCUT2D eigenvalue weighted by atomic mass is 16.5. The summed E-state index contributed by atoms with van der Waals surface area (Å²) in [5.74, 6) is 0.412. The van der Waals surface area contributed by atoms with Gasteiger partial charge in [0.15, 0.2) is 0 Å². The molecule has 0 unspecified atom stereocenters. The molecule has 32 heavy (non-hydrogen) atoms. The van der Waals surface area contributed by atoms with E-state index >= 15 is 0 Å². The average Bonchev–Trinajstić information content (AvgIpc) is 2.78. The number of aromatic nitrogens is 2. The number of nitrogens with zero attached hydrogens (tertiary/aromatic N) is 2. The Bertz CT molecular complexity index is 1420. The zero-order valence-corrected chi connectivity index (χ0v) is 18.8. The number of rotatable bonds is 4. The van der Waals surface area contributed by atoms with Crippen LogP contribution in [0, 0.1) is 20.8 Å².